The Balaban J connectivity index is 3.27. The molecule has 0 unspecified atom stereocenters. The minimum Gasteiger partial charge on any atom is -0.505 e. The van der Waals surface area contributed by atoms with Crippen molar-refractivity contribution in [3.8, 4) is 5.75 Å². The molecule has 0 saturated heterocycles. The maximum Gasteiger partial charge on any atom is 0.284 e. The first kappa shape index (κ1) is 10.2. The fraction of sp³-hybridized carbons (Fsp3) is 0.286. The number of anilines is 1. The van der Waals surface area contributed by atoms with E-state index in [1.54, 1.807) is 0 Å². The van der Waals surface area contributed by atoms with Crippen LogP contribution in [0.1, 0.15) is 17.7 Å². The summed E-state index contributed by atoms with van der Waals surface area (Å²) in [6.07, 6.45) is -2.82. The fourth-order valence-electron chi connectivity index (χ4n) is 0.890. The van der Waals surface area contributed by atoms with E-state index in [9.17, 15) is 13.9 Å². The number of halogens is 3. The van der Waals surface area contributed by atoms with Gasteiger partial charge in [0, 0.05) is 10.9 Å². The third kappa shape index (κ3) is 2.06. The molecule has 72 valence electrons. The summed E-state index contributed by atoms with van der Waals surface area (Å²) in [4.78, 5) is 3.34. The number of nitrogen functional groups attached to an aromatic ring is 1. The van der Waals surface area contributed by atoms with Gasteiger partial charge in [-0.05, 0) is 6.07 Å². The van der Waals surface area contributed by atoms with Crippen LogP contribution in [0.5, 0.6) is 5.75 Å². The van der Waals surface area contributed by atoms with Gasteiger partial charge in [-0.3, -0.25) is 0 Å². The molecule has 0 atom stereocenters. The number of alkyl halides is 3. The molecule has 0 saturated carbocycles. The van der Waals surface area contributed by atoms with E-state index in [-0.39, 0.29) is 11.1 Å². The molecule has 13 heavy (non-hydrogen) atoms. The van der Waals surface area contributed by atoms with Gasteiger partial charge in [0.05, 0.1) is 0 Å². The van der Waals surface area contributed by atoms with Crippen molar-refractivity contribution in [3.05, 3.63) is 17.3 Å². The Morgan fingerprint density at radius 3 is 2.69 bits per heavy atom. The van der Waals surface area contributed by atoms with E-state index in [1.165, 1.54) is 6.07 Å². The van der Waals surface area contributed by atoms with E-state index in [2.05, 4.69) is 20.9 Å². The van der Waals surface area contributed by atoms with Crippen molar-refractivity contribution < 1.29 is 13.9 Å². The SMILES string of the molecule is Nc1cc(CBr)c(O)c(C(F)F)n1. The van der Waals surface area contributed by atoms with Gasteiger partial charge in [-0.2, -0.15) is 0 Å². The fourth-order valence-corrected chi connectivity index (χ4v) is 1.32. The van der Waals surface area contributed by atoms with Gasteiger partial charge in [-0.25, -0.2) is 13.8 Å². The van der Waals surface area contributed by atoms with Crippen LogP contribution in [-0.2, 0) is 5.33 Å². The average molecular weight is 253 g/mol. The van der Waals surface area contributed by atoms with Gasteiger partial charge in [0.1, 0.15) is 11.6 Å². The number of rotatable bonds is 2. The van der Waals surface area contributed by atoms with Crippen molar-refractivity contribution in [1.29, 1.82) is 0 Å². The van der Waals surface area contributed by atoms with E-state index in [1.807, 2.05) is 0 Å². The number of nitrogens with two attached hydrogens (primary N) is 1. The first-order chi connectivity index (χ1) is 6.06. The van der Waals surface area contributed by atoms with Gasteiger partial charge in [0.15, 0.2) is 5.69 Å². The van der Waals surface area contributed by atoms with Crippen LogP contribution in [0.3, 0.4) is 0 Å². The van der Waals surface area contributed by atoms with Gasteiger partial charge < -0.3 is 10.8 Å². The summed E-state index contributed by atoms with van der Waals surface area (Å²) in [5, 5.41) is 9.51. The lowest BCUT2D eigenvalue weighted by Gasteiger charge is -2.07. The highest BCUT2D eigenvalue weighted by Crippen LogP contribution is 2.31. The van der Waals surface area contributed by atoms with Gasteiger partial charge >= 0.3 is 0 Å². The lowest BCUT2D eigenvalue weighted by molar-refractivity contribution is 0.142. The van der Waals surface area contributed by atoms with E-state index in [0.717, 1.165) is 0 Å². The molecule has 0 aliphatic rings. The maximum atomic E-state index is 12.2. The summed E-state index contributed by atoms with van der Waals surface area (Å²) in [6, 6.07) is 1.34. The second kappa shape index (κ2) is 3.87. The van der Waals surface area contributed by atoms with Gasteiger partial charge in [-0.1, -0.05) is 15.9 Å². The number of nitrogens with zero attached hydrogens (tertiary/aromatic N) is 1. The van der Waals surface area contributed by atoms with Crippen molar-refractivity contribution in [2.24, 2.45) is 0 Å². The minimum atomic E-state index is -2.82. The topological polar surface area (TPSA) is 59.1 Å². The second-order valence-corrected chi connectivity index (χ2v) is 2.94. The number of hydrogen-bond donors (Lipinski definition) is 2. The van der Waals surface area contributed by atoms with Crippen LogP contribution in [0.15, 0.2) is 6.07 Å². The van der Waals surface area contributed by atoms with Crippen LogP contribution in [0.25, 0.3) is 0 Å². The third-order valence-corrected chi connectivity index (χ3v) is 2.07. The summed E-state index contributed by atoms with van der Waals surface area (Å²) in [6.45, 7) is 0. The van der Waals surface area contributed by atoms with Crippen LogP contribution in [-0.4, -0.2) is 10.1 Å². The van der Waals surface area contributed by atoms with Crippen molar-refractivity contribution in [3.63, 3.8) is 0 Å². The van der Waals surface area contributed by atoms with Crippen molar-refractivity contribution in [2.75, 3.05) is 5.73 Å². The Labute approximate surface area is 81.7 Å². The molecule has 0 aromatic carbocycles. The quantitative estimate of drug-likeness (QED) is 0.794. The smallest absolute Gasteiger partial charge is 0.284 e. The number of aromatic hydroxyl groups is 1. The molecule has 0 bridgehead atoms. The molecule has 0 spiro atoms. The largest absolute Gasteiger partial charge is 0.505 e. The molecule has 0 aliphatic carbocycles. The normalized spacial score (nSPS) is 10.8. The van der Waals surface area contributed by atoms with Gasteiger partial charge in [0.2, 0.25) is 0 Å². The molecule has 0 fully saturated rings. The number of hydrogen-bond acceptors (Lipinski definition) is 3. The number of pyridine rings is 1. The van der Waals surface area contributed by atoms with Crippen LogP contribution < -0.4 is 5.73 Å². The van der Waals surface area contributed by atoms with E-state index >= 15 is 0 Å². The zero-order valence-corrected chi connectivity index (χ0v) is 8.05. The predicted octanol–water partition coefficient (Wildman–Crippen LogP) is 2.20. The number of aromatic nitrogens is 1. The molecular formula is C7H7BrF2N2O. The van der Waals surface area contributed by atoms with Gasteiger partial charge in [-0.15, -0.1) is 0 Å². The summed E-state index contributed by atoms with van der Waals surface area (Å²) in [5.41, 5.74) is 4.90. The molecule has 0 amide bonds. The van der Waals surface area contributed by atoms with Crippen LogP contribution in [0.2, 0.25) is 0 Å². The molecule has 1 aromatic rings. The molecule has 1 heterocycles. The van der Waals surface area contributed by atoms with Crippen molar-refractivity contribution in [2.45, 2.75) is 11.8 Å². The highest BCUT2D eigenvalue weighted by Gasteiger charge is 2.18. The second-order valence-electron chi connectivity index (χ2n) is 2.37. The summed E-state index contributed by atoms with van der Waals surface area (Å²) >= 11 is 3.04. The lowest BCUT2D eigenvalue weighted by Crippen LogP contribution is -1.99. The average Bonchev–Trinajstić information content (AvgIpc) is 2.08. The molecule has 1 rings (SSSR count). The highest BCUT2D eigenvalue weighted by molar-refractivity contribution is 9.08. The molecule has 0 aliphatic heterocycles. The van der Waals surface area contributed by atoms with Crippen LogP contribution in [0.4, 0.5) is 14.6 Å². The van der Waals surface area contributed by atoms with Gasteiger partial charge in [0.25, 0.3) is 6.43 Å². The molecule has 6 heteroatoms. The zero-order chi connectivity index (χ0) is 10.0. The monoisotopic (exact) mass is 252 g/mol. The summed E-state index contributed by atoms with van der Waals surface area (Å²) in [5.74, 6) is -0.524. The first-order valence-corrected chi connectivity index (χ1v) is 4.50. The first-order valence-electron chi connectivity index (χ1n) is 3.38. The Bertz CT molecular complexity index is 320. The molecule has 3 nitrogen and oxygen atoms in total. The van der Waals surface area contributed by atoms with Crippen molar-refractivity contribution in [1.82, 2.24) is 4.98 Å². The zero-order valence-electron chi connectivity index (χ0n) is 6.47. The Hall–Kier alpha value is -0.910. The Morgan fingerprint density at radius 2 is 2.23 bits per heavy atom. The maximum absolute atomic E-state index is 12.2. The van der Waals surface area contributed by atoms with Crippen LogP contribution in [0, 0.1) is 0 Å². The molecule has 3 N–H and O–H groups in total. The van der Waals surface area contributed by atoms with Crippen molar-refractivity contribution >= 4 is 21.7 Å². The lowest BCUT2D eigenvalue weighted by atomic mass is 10.2. The van der Waals surface area contributed by atoms with E-state index in [0.29, 0.717) is 5.56 Å². The van der Waals surface area contributed by atoms with E-state index in [4.69, 9.17) is 5.73 Å². The minimum absolute atomic E-state index is 0.0254. The predicted molar refractivity (Wildman–Crippen MR) is 47.9 cm³/mol. The molecule has 0 radical (unpaired) electrons. The highest BCUT2D eigenvalue weighted by atomic mass is 79.9. The van der Waals surface area contributed by atoms with Crippen LogP contribution >= 0.6 is 15.9 Å². The molecular weight excluding hydrogens is 246 g/mol. The standard InChI is InChI=1S/C7H7BrF2N2O/c8-2-3-1-4(11)12-5(6(3)13)7(9)10/h1,7,13H,2H2,(H2,11,12). The Kier molecular flexibility index (Phi) is 3.02. The third-order valence-electron chi connectivity index (χ3n) is 1.47. The Morgan fingerprint density at radius 1 is 1.62 bits per heavy atom. The molecule has 1 aromatic heterocycles. The summed E-state index contributed by atoms with van der Waals surface area (Å²) < 4.78 is 24.5. The van der Waals surface area contributed by atoms with E-state index < -0.39 is 17.9 Å². The summed E-state index contributed by atoms with van der Waals surface area (Å²) in [7, 11) is 0.